The molecule has 0 aromatic carbocycles. The number of carbonyl (C=O) groups is 4. The summed E-state index contributed by atoms with van der Waals surface area (Å²) in [6.07, 6.45) is 8.16. The van der Waals surface area contributed by atoms with Crippen molar-refractivity contribution in [3.8, 4) is 0 Å². The number of hydrogen-bond donors (Lipinski definition) is 8. The SMILES string of the molecule is C1CCCCC1.O=C(O)NC1=C(NC(=O)O)CCC1.O=C(O)NC1=C(NC(=O)O)CCC1.[Pt]. The number of carboxylic acid groups (broad SMARTS) is 4. The zero-order chi connectivity index (χ0) is 23.9. The Morgan fingerprint density at radius 3 is 0.758 bits per heavy atom. The zero-order valence-electron chi connectivity index (χ0n) is 18.2. The first-order valence-corrected chi connectivity index (χ1v) is 10.6. The first kappa shape index (κ1) is 30.2. The van der Waals surface area contributed by atoms with Gasteiger partial charge in [-0.2, -0.15) is 0 Å². The molecule has 8 N–H and O–H groups in total. The smallest absolute Gasteiger partial charge is 0.408 e. The van der Waals surface area contributed by atoms with E-state index in [1.807, 2.05) is 0 Å². The van der Waals surface area contributed by atoms with Crippen LogP contribution in [-0.2, 0) is 21.1 Å². The van der Waals surface area contributed by atoms with E-state index in [1.54, 1.807) is 0 Å². The van der Waals surface area contributed by atoms with Crippen molar-refractivity contribution in [1.82, 2.24) is 21.3 Å². The third kappa shape index (κ3) is 14.1. The largest absolute Gasteiger partial charge is 0.465 e. The Kier molecular flexibility index (Phi) is 15.4. The van der Waals surface area contributed by atoms with Gasteiger partial charge in [-0.05, 0) is 38.5 Å². The van der Waals surface area contributed by atoms with Crippen LogP contribution in [0.5, 0.6) is 0 Å². The Morgan fingerprint density at radius 2 is 0.606 bits per heavy atom. The molecule has 3 aliphatic carbocycles. The van der Waals surface area contributed by atoms with Crippen molar-refractivity contribution in [3.05, 3.63) is 22.8 Å². The van der Waals surface area contributed by atoms with Gasteiger partial charge in [0.2, 0.25) is 0 Å². The molecule has 13 heteroatoms. The molecule has 3 aliphatic rings. The van der Waals surface area contributed by atoms with Gasteiger partial charge in [0.25, 0.3) is 0 Å². The maximum absolute atomic E-state index is 10.3. The molecule has 0 heterocycles. The molecule has 1 saturated carbocycles. The fraction of sp³-hybridized carbons (Fsp3) is 0.600. The molecule has 190 valence electrons. The van der Waals surface area contributed by atoms with Crippen LogP contribution in [0.4, 0.5) is 19.2 Å². The van der Waals surface area contributed by atoms with E-state index in [0.717, 1.165) is 12.8 Å². The minimum atomic E-state index is -1.17. The second-order valence-corrected chi connectivity index (χ2v) is 7.46. The average molecular weight is 652 g/mol. The molecule has 33 heavy (non-hydrogen) atoms. The van der Waals surface area contributed by atoms with Crippen molar-refractivity contribution in [2.24, 2.45) is 0 Å². The zero-order valence-corrected chi connectivity index (χ0v) is 20.5. The van der Waals surface area contributed by atoms with Gasteiger partial charge in [0.15, 0.2) is 0 Å². The van der Waals surface area contributed by atoms with Crippen molar-refractivity contribution in [3.63, 3.8) is 0 Å². The van der Waals surface area contributed by atoms with E-state index in [-0.39, 0.29) is 21.1 Å². The van der Waals surface area contributed by atoms with Crippen LogP contribution in [-0.4, -0.2) is 44.8 Å². The summed E-state index contributed by atoms with van der Waals surface area (Å²) in [5, 5.41) is 42.3. The van der Waals surface area contributed by atoms with Crippen LogP contribution in [0.25, 0.3) is 0 Å². The van der Waals surface area contributed by atoms with E-state index in [9.17, 15) is 19.2 Å². The predicted octanol–water partition coefficient (Wildman–Crippen LogP) is 4.17. The van der Waals surface area contributed by atoms with Crippen LogP contribution in [0, 0.1) is 0 Å². The molecule has 0 bridgehead atoms. The average Bonchev–Trinajstić information content (AvgIpc) is 3.32. The van der Waals surface area contributed by atoms with Crippen molar-refractivity contribution < 1.29 is 60.7 Å². The van der Waals surface area contributed by atoms with Crippen LogP contribution < -0.4 is 21.3 Å². The van der Waals surface area contributed by atoms with Gasteiger partial charge in [0.05, 0.1) is 0 Å². The Labute approximate surface area is 206 Å². The molecule has 0 radical (unpaired) electrons. The van der Waals surface area contributed by atoms with Crippen molar-refractivity contribution in [2.45, 2.75) is 77.0 Å². The van der Waals surface area contributed by atoms with Gasteiger partial charge in [-0.1, -0.05) is 38.5 Å². The van der Waals surface area contributed by atoms with Crippen LogP contribution in [0.3, 0.4) is 0 Å². The number of rotatable bonds is 4. The Morgan fingerprint density at radius 1 is 0.424 bits per heavy atom. The molecule has 0 aromatic rings. The van der Waals surface area contributed by atoms with Crippen molar-refractivity contribution in [2.75, 3.05) is 0 Å². The summed E-state index contributed by atoms with van der Waals surface area (Å²) in [6.45, 7) is 0. The summed E-state index contributed by atoms with van der Waals surface area (Å²) in [7, 11) is 0. The summed E-state index contributed by atoms with van der Waals surface area (Å²) in [6, 6.07) is 0. The second kappa shape index (κ2) is 16.8. The summed E-state index contributed by atoms with van der Waals surface area (Å²) in [5.41, 5.74) is 1.81. The van der Waals surface area contributed by atoms with E-state index in [1.165, 1.54) is 38.5 Å². The number of nitrogens with one attached hydrogen (secondary N) is 4. The molecule has 3 rings (SSSR count). The van der Waals surface area contributed by atoms with Gasteiger partial charge >= 0.3 is 24.4 Å². The van der Waals surface area contributed by atoms with Gasteiger partial charge in [-0.3, -0.25) is 21.3 Å². The maximum atomic E-state index is 10.3. The minimum Gasteiger partial charge on any atom is -0.465 e. The van der Waals surface area contributed by atoms with E-state index >= 15 is 0 Å². The van der Waals surface area contributed by atoms with E-state index < -0.39 is 24.4 Å². The van der Waals surface area contributed by atoms with Crippen molar-refractivity contribution in [1.29, 1.82) is 0 Å². The molecular weight excluding hydrogens is 619 g/mol. The predicted molar refractivity (Wildman–Crippen MR) is 114 cm³/mol. The quantitative estimate of drug-likeness (QED) is 0.222. The molecule has 4 amide bonds. The third-order valence-corrected chi connectivity index (χ3v) is 4.97. The van der Waals surface area contributed by atoms with Gasteiger partial charge < -0.3 is 20.4 Å². The third-order valence-electron chi connectivity index (χ3n) is 4.97. The first-order valence-electron chi connectivity index (χ1n) is 10.6. The summed E-state index contributed by atoms with van der Waals surface area (Å²) in [5.74, 6) is 0. The van der Waals surface area contributed by atoms with E-state index in [4.69, 9.17) is 20.4 Å². The molecule has 0 aliphatic heterocycles. The molecule has 0 saturated heterocycles. The Balaban J connectivity index is 0.000000487. The molecule has 12 nitrogen and oxygen atoms in total. The normalized spacial score (nSPS) is 16.7. The molecule has 0 atom stereocenters. The fourth-order valence-corrected chi connectivity index (χ4v) is 3.62. The maximum Gasteiger partial charge on any atom is 0.408 e. The van der Waals surface area contributed by atoms with Gasteiger partial charge in [0.1, 0.15) is 0 Å². The standard InChI is InChI=1S/2C7H10N2O4.C6H12.Pt/c2*10-6(11)8-4-2-1-3-5(4)9-7(12)13;1-2-4-6-5-3-1;/h2*8-9H,1-3H2,(H,10,11)(H,12,13);1-6H2;. The summed E-state index contributed by atoms with van der Waals surface area (Å²) < 4.78 is 0. The molecule has 0 aromatic heterocycles. The topological polar surface area (TPSA) is 197 Å². The summed E-state index contributed by atoms with van der Waals surface area (Å²) in [4.78, 5) is 41.1. The van der Waals surface area contributed by atoms with Gasteiger partial charge in [-0.25, -0.2) is 19.2 Å². The Bertz CT molecular complexity index is 631. The number of amides is 4. The number of hydrogen-bond acceptors (Lipinski definition) is 4. The van der Waals surface area contributed by atoms with Crippen molar-refractivity contribution >= 4 is 24.4 Å². The Hall–Kier alpha value is -2.75. The monoisotopic (exact) mass is 651 g/mol. The molecule has 0 unspecified atom stereocenters. The fourth-order valence-electron chi connectivity index (χ4n) is 3.62. The minimum absolute atomic E-state index is 0. The molecular formula is C20H32N4O8Pt. The van der Waals surface area contributed by atoms with E-state index in [0.29, 0.717) is 48.5 Å². The second-order valence-electron chi connectivity index (χ2n) is 7.46. The summed E-state index contributed by atoms with van der Waals surface area (Å²) >= 11 is 0. The molecule has 0 spiro atoms. The van der Waals surface area contributed by atoms with Crippen LogP contribution in [0.2, 0.25) is 0 Å². The van der Waals surface area contributed by atoms with Gasteiger partial charge in [-0.15, -0.1) is 0 Å². The number of allylic oxidation sites excluding steroid dienone is 4. The first-order chi connectivity index (χ1) is 15.2. The van der Waals surface area contributed by atoms with Crippen LogP contribution in [0.15, 0.2) is 22.8 Å². The molecule has 1 fully saturated rings. The van der Waals surface area contributed by atoms with Crippen LogP contribution >= 0.6 is 0 Å². The van der Waals surface area contributed by atoms with E-state index in [2.05, 4.69) is 21.3 Å². The van der Waals surface area contributed by atoms with Gasteiger partial charge in [0, 0.05) is 43.9 Å². The van der Waals surface area contributed by atoms with Crippen LogP contribution in [0.1, 0.15) is 77.0 Å².